The molecule has 0 aromatic heterocycles. The summed E-state index contributed by atoms with van der Waals surface area (Å²) in [4.78, 5) is 26.6. The summed E-state index contributed by atoms with van der Waals surface area (Å²) in [7, 11) is 0. The molecule has 4 N–H and O–H groups in total. The third kappa shape index (κ3) is 9.26. The van der Waals surface area contributed by atoms with Gasteiger partial charge in [0.1, 0.15) is 29.9 Å². The van der Waals surface area contributed by atoms with Crippen LogP contribution in [0.15, 0.2) is 77.3 Å². The fraction of sp³-hybridized carbons (Fsp3) is 0.394. The highest BCUT2D eigenvalue weighted by Crippen LogP contribution is 2.32. The molecule has 3 aromatic rings. The van der Waals surface area contributed by atoms with E-state index in [4.69, 9.17) is 9.47 Å². The van der Waals surface area contributed by atoms with Crippen molar-refractivity contribution >= 4 is 27.9 Å². The van der Waals surface area contributed by atoms with E-state index in [-0.39, 0.29) is 25.9 Å². The standard InChI is InChI=1S/C33H38BrFN2O6/c1-33(2,3)43-32(41)36-26(16-20-12-14-23(34)15-13-20)27(38)18-22(17-21-8-4-6-10-25(21)35)31(40)37-30-24-9-5-7-11-29(24)42-19-28(30)39/h4-15,22,26-28,30,38-39H,16-19H2,1-3H3,(H,36,41)(H,37,40)/t22-,26+,27+,28-,30+/m1/s1. The number of rotatable bonds is 10. The van der Waals surface area contributed by atoms with Crippen LogP contribution in [-0.2, 0) is 22.4 Å². The number of ether oxygens (including phenoxy) is 2. The van der Waals surface area contributed by atoms with E-state index in [0.717, 1.165) is 10.0 Å². The van der Waals surface area contributed by atoms with Crippen molar-refractivity contribution in [3.05, 3.63) is 99.8 Å². The number of para-hydroxylation sites is 1. The van der Waals surface area contributed by atoms with Gasteiger partial charge in [0.25, 0.3) is 0 Å². The van der Waals surface area contributed by atoms with Gasteiger partial charge in [-0.2, -0.15) is 0 Å². The van der Waals surface area contributed by atoms with E-state index in [1.165, 1.54) is 6.07 Å². The first kappa shape index (κ1) is 32.4. The zero-order chi connectivity index (χ0) is 31.1. The maximum atomic E-state index is 14.7. The highest BCUT2D eigenvalue weighted by Gasteiger charge is 2.35. The number of hydrogen-bond donors (Lipinski definition) is 4. The van der Waals surface area contributed by atoms with Crippen LogP contribution in [0.4, 0.5) is 9.18 Å². The van der Waals surface area contributed by atoms with Crippen LogP contribution >= 0.6 is 15.9 Å². The Labute approximate surface area is 259 Å². The summed E-state index contributed by atoms with van der Waals surface area (Å²) >= 11 is 3.42. The summed E-state index contributed by atoms with van der Waals surface area (Å²) in [5.41, 5.74) is 1.03. The number of carbonyl (C=O) groups excluding carboxylic acids is 2. The van der Waals surface area contributed by atoms with E-state index >= 15 is 0 Å². The lowest BCUT2D eigenvalue weighted by atomic mass is 9.87. The fourth-order valence-electron chi connectivity index (χ4n) is 5.08. The van der Waals surface area contributed by atoms with Crippen molar-refractivity contribution in [1.29, 1.82) is 0 Å². The molecule has 1 aliphatic rings. The van der Waals surface area contributed by atoms with Crippen LogP contribution in [0.25, 0.3) is 0 Å². The zero-order valence-electron chi connectivity index (χ0n) is 24.4. The molecule has 0 aliphatic carbocycles. The molecule has 0 spiro atoms. The number of aliphatic hydroxyl groups excluding tert-OH is 2. The number of alkyl carbamates (subject to hydrolysis) is 1. The Morgan fingerprint density at radius 2 is 1.72 bits per heavy atom. The third-order valence-corrected chi connectivity index (χ3v) is 7.73. The van der Waals surface area contributed by atoms with E-state index < -0.39 is 53.6 Å². The molecule has 43 heavy (non-hydrogen) atoms. The second-order valence-corrected chi connectivity index (χ2v) is 12.7. The van der Waals surface area contributed by atoms with Gasteiger partial charge in [0, 0.05) is 16.0 Å². The summed E-state index contributed by atoms with van der Waals surface area (Å²) in [6.07, 6.45) is -2.76. The molecule has 0 saturated heterocycles. The lowest BCUT2D eigenvalue weighted by Gasteiger charge is -2.33. The van der Waals surface area contributed by atoms with Crippen molar-refractivity contribution in [2.45, 2.75) is 69.9 Å². The van der Waals surface area contributed by atoms with Gasteiger partial charge in [-0.1, -0.05) is 64.5 Å². The largest absolute Gasteiger partial charge is 0.490 e. The third-order valence-electron chi connectivity index (χ3n) is 7.20. The number of nitrogens with one attached hydrogen (secondary N) is 2. The zero-order valence-corrected chi connectivity index (χ0v) is 26.0. The molecule has 1 aliphatic heterocycles. The number of benzene rings is 3. The second kappa shape index (κ2) is 14.3. The van der Waals surface area contributed by atoms with E-state index in [2.05, 4.69) is 26.6 Å². The van der Waals surface area contributed by atoms with Crippen LogP contribution in [0.2, 0.25) is 0 Å². The van der Waals surface area contributed by atoms with Gasteiger partial charge in [0.2, 0.25) is 5.91 Å². The molecule has 1 heterocycles. The quantitative estimate of drug-likeness (QED) is 0.237. The van der Waals surface area contributed by atoms with Crippen LogP contribution in [0.1, 0.15) is 49.9 Å². The predicted molar refractivity (Wildman–Crippen MR) is 164 cm³/mol. The van der Waals surface area contributed by atoms with Gasteiger partial charge in [-0.15, -0.1) is 0 Å². The first-order valence-corrected chi connectivity index (χ1v) is 15.0. The maximum Gasteiger partial charge on any atom is 0.407 e. The number of fused-ring (bicyclic) bond motifs is 1. The summed E-state index contributed by atoms with van der Waals surface area (Å²) in [6, 6.07) is 19.2. The summed E-state index contributed by atoms with van der Waals surface area (Å²) in [5.74, 6) is -1.28. The summed E-state index contributed by atoms with van der Waals surface area (Å²) in [5, 5.41) is 27.9. The number of hydrogen-bond acceptors (Lipinski definition) is 6. The van der Waals surface area contributed by atoms with Gasteiger partial charge in [-0.05, 0) is 75.4 Å². The Kier molecular flexibility index (Phi) is 10.8. The predicted octanol–water partition coefficient (Wildman–Crippen LogP) is 5.24. The van der Waals surface area contributed by atoms with Crippen molar-refractivity contribution in [3.8, 4) is 5.75 Å². The average Bonchev–Trinajstić information content (AvgIpc) is 2.95. The van der Waals surface area contributed by atoms with Crippen molar-refractivity contribution in [1.82, 2.24) is 10.6 Å². The van der Waals surface area contributed by atoms with E-state index in [1.807, 2.05) is 24.3 Å². The number of aliphatic hydroxyl groups is 2. The molecule has 0 radical (unpaired) electrons. The van der Waals surface area contributed by atoms with E-state index in [0.29, 0.717) is 16.9 Å². The van der Waals surface area contributed by atoms with Gasteiger partial charge in [0.05, 0.1) is 18.2 Å². The van der Waals surface area contributed by atoms with Gasteiger partial charge in [-0.3, -0.25) is 4.79 Å². The molecule has 3 aromatic carbocycles. The minimum Gasteiger partial charge on any atom is -0.490 e. The second-order valence-electron chi connectivity index (χ2n) is 11.8. The normalized spacial score (nSPS) is 18.4. The van der Waals surface area contributed by atoms with Crippen molar-refractivity contribution in [2.24, 2.45) is 5.92 Å². The van der Waals surface area contributed by atoms with Crippen molar-refractivity contribution < 1.29 is 33.7 Å². The molecular formula is C33H38BrFN2O6. The number of halogens is 2. The van der Waals surface area contributed by atoms with Crippen LogP contribution in [0.3, 0.4) is 0 Å². The molecule has 0 fully saturated rings. The average molecular weight is 658 g/mol. The monoisotopic (exact) mass is 656 g/mol. The first-order valence-electron chi connectivity index (χ1n) is 14.2. The van der Waals surface area contributed by atoms with Crippen LogP contribution in [-0.4, -0.2) is 52.7 Å². The first-order chi connectivity index (χ1) is 20.4. The smallest absolute Gasteiger partial charge is 0.407 e. The highest BCUT2D eigenvalue weighted by molar-refractivity contribution is 9.10. The summed E-state index contributed by atoms with van der Waals surface area (Å²) < 4.78 is 26.7. The van der Waals surface area contributed by atoms with Crippen molar-refractivity contribution in [2.75, 3.05) is 6.61 Å². The molecule has 0 bridgehead atoms. The van der Waals surface area contributed by atoms with Crippen LogP contribution < -0.4 is 15.4 Å². The Bertz CT molecular complexity index is 1400. The molecule has 0 unspecified atom stereocenters. The van der Waals surface area contributed by atoms with E-state index in [9.17, 15) is 24.2 Å². The highest BCUT2D eigenvalue weighted by atomic mass is 79.9. The van der Waals surface area contributed by atoms with Gasteiger partial charge >= 0.3 is 6.09 Å². The Morgan fingerprint density at radius 1 is 1.05 bits per heavy atom. The van der Waals surface area contributed by atoms with Crippen molar-refractivity contribution in [3.63, 3.8) is 0 Å². The molecule has 5 atom stereocenters. The maximum absolute atomic E-state index is 14.7. The molecular weight excluding hydrogens is 619 g/mol. The molecule has 8 nitrogen and oxygen atoms in total. The number of carbonyl (C=O) groups is 2. The van der Waals surface area contributed by atoms with Gasteiger partial charge in [0.15, 0.2) is 0 Å². The molecule has 0 saturated carbocycles. The van der Waals surface area contributed by atoms with Crippen LogP contribution in [0.5, 0.6) is 5.75 Å². The molecule has 10 heteroatoms. The molecule has 4 rings (SSSR count). The van der Waals surface area contributed by atoms with Crippen LogP contribution in [0, 0.1) is 11.7 Å². The Morgan fingerprint density at radius 3 is 2.42 bits per heavy atom. The minimum atomic E-state index is -1.20. The Balaban J connectivity index is 1.59. The van der Waals surface area contributed by atoms with E-state index in [1.54, 1.807) is 63.2 Å². The topological polar surface area (TPSA) is 117 Å². The molecule has 230 valence electrons. The van der Waals surface area contributed by atoms with Gasteiger partial charge < -0.3 is 30.3 Å². The molecule has 2 amide bonds. The lowest BCUT2D eigenvalue weighted by molar-refractivity contribution is -0.128. The number of amides is 2. The summed E-state index contributed by atoms with van der Waals surface area (Å²) in [6.45, 7) is 5.22. The SMILES string of the molecule is CC(C)(C)OC(=O)N[C@@H](Cc1ccc(Br)cc1)[C@@H](O)C[C@@H](Cc1ccccc1F)C(=O)N[C@H]1c2ccccc2OC[C@H]1O. The van der Waals surface area contributed by atoms with Gasteiger partial charge in [-0.25, -0.2) is 9.18 Å². The fourth-order valence-corrected chi connectivity index (χ4v) is 5.34. The lowest BCUT2D eigenvalue weighted by Crippen LogP contribution is -2.49. The minimum absolute atomic E-state index is 0.00234. The Hall–Kier alpha value is -3.47.